The molecule has 0 bridgehead atoms. The number of sulfonamides is 1. The number of rotatable bonds is 10. The molecule has 1 aliphatic rings. The minimum absolute atomic E-state index is 0.0179. The third-order valence-electron chi connectivity index (χ3n) is 4.19. The maximum absolute atomic E-state index is 12.6. The SMILES string of the molecule is CCOCCCNS(=O)(=O)c1cc(C(=O)O)ccc1NC1CCCC1. The van der Waals surface area contributed by atoms with Gasteiger partial charge in [0.05, 0.1) is 11.3 Å². The van der Waals surface area contributed by atoms with Crippen molar-refractivity contribution in [2.24, 2.45) is 0 Å². The standard InChI is InChI=1S/C17H26N2O5S/c1-2-24-11-5-10-18-25(22,23)16-12-13(17(20)21)8-9-15(16)19-14-6-3-4-7-14/h8-9,12,14,18-19H,2-7,10-11H2,1H3,(H,20,21). The molecular weight excluding hydrogens is 344 g/mol. The highest BCUT2D eigenvalue weighted by atomic mass is 32.2. The number of benzene rings is 1. The molecule has 25 heavy (non-hydrogen) atoms. The maximum Gasteiger partial charge on any atom is 0.335 e. The van der Waals surface area contributed by atoms with Crippen LogP contribution in [0.25, 0.3) is 0 Å². The van der Waals surface area contributed by atoms with Crippen molar-refractivity contribution >= 4 is 21.7 Å². The third-order valence-corrected chi connectivity index (χ3v) is 5.70. The number of nitrogens with one attached hydrogen (secondary N) is 2. The van der Waals surface area contributed by atoms with Crippen molar-refractivity contribution in [2.45, 2.75) is 50.0 Å². The number of hydrogen-bond donors (Lipinski definition) is 3. The van der Waals surface area contributed by atoms with Gasteiger partial charge in [-0.15, -0.1) is 0 Å². The largest absolute Gasteiger partial charge is 0.478 e. The van der Waals surface area contributed by atoms with E-state index in [4.69, 9.17) is 4.74 Å². The number of carbonyl (C=O) groups is 1. The Morgan fingerprint density at radius 3 is 2.68 bits per heavy atom. The molecule has 0 spiro atoms. The second kappa shape index (κ2) is 9.17. The first-order valence-electron chi connectivity index (χ1n) is 8.65. The lowest BCUT2D eigenvalue weighted by atomic mass is 10.2. The van der Waals surface area contributed by atoms with Crippen LogP contribution in [-0.4, -0.2) is 45.3 Å². The van der Waals surface area contributed by atoms with E-state index >= 15 is 0 Å². The van der Waals surface area contributed by atoms with E-state index < -0.39 is 16.0 Å². The molecule has 2 rings (SSSR count). The quantitative estimate of drug-likeness (QED) is 0.547. The summed E-state index contributed by atoms with van der Waals surface area (Å²) in [5, 5.41) is 12.4. The van der Waals surface area contributed by atoms with Gasteiger partial charge in [-0.1, -0.05) is 12.8 Å². The highest BCUT2D eigenvalue weighted by Gasteiger charge is 2.23. The molecular formula is C17H26N2O5S. The summed E-state index contributed by atoms with van der Waals surface area (Å²) < 4.78 is 33.0. The van der Waals surface area contributed by atoms with Crippen molar-refractivity contribution in [1.29, 1.82) is 0 Å². The van der Waals surface area contributed by atoms with E-state index in [0.717, 1.165) is 25.7 Å². The lowest BCUT2D eigenvalue weighted by Crippen LogP contribution is -2.27. The first kappa shape index (κ1) is 19.7. The number of aromatic carboxylic acids is 1. The summed E-state index contributed by atoms with van der Waals surface area (Å²) in [6.45, 7) is 3.18. The van der Waals surface area contributed by atoms with E-state index in [-0.39, 0.29) is 23.0 Å². The zero-order chi connectivity index (χ0) is 18.3. The summed E-state index contributed by atoms with van der Waals surface area (Å²) in [7, 11) is -3.81. The zero-order valence-electron chi connectivity index (χ0n) is 14.5. The van der Waals surface area contributed by atoms with E-state index in [9.17, 15) is 18.3 Å². The topological polar surface area (TPSA) is 105 Å². The van der Waals surface area contributed by atoms with E-state index in [0.29, 0.717) is 25.3 Å². The lowest BCUT2D eigenvalue weighted by molar-refractivity contribution is 0.0696. The number of carboxylic acid groups (broad SMARTS) is 1. The molecule has 7 nitrogen and oxygen atoms in total. The van der Waals surface area contributed by atoms with Crippen molar-refractivity contribution in [1.82, 2.24) is 4.72 Å². The van der Waals surface area contributed by atoms with Crippen molar-refractivity contribution in [2.75, 3.05) is 25.1 Å². The molecule has 0 aliphatic heterocycles. The van der Waals surface area contributed by atoms with Gasteiger partial charge in [-0.2, -0.15) is 0 Å². The molecule has 1 saturated carbocycles. The summed E-state index contributed by atoms with van der Waals surface area (Å²) in [6.07, 6.45) is 4.76. The Morgan fingerprint density at radius 1 is 1.32 bits per heavy atom. The minimum Gasteiger partial charge on any atom is -0.478 e. The van der Waals surface area contributed by atoms with Crippen LogP contribution in [0, 0.1) is 0 Å². The molecule has 1 fully saturated rings. The summed E-state index contributed by atoms with van der Waals surface area (Å²) in [5.41, 5.74) is 0.404. The van der Waals surface area contributed by atoms with Gasteiger partial charge >= 0.3 is 5.97 Å². The van der Waals surface area contributed by atoms with Crippen molar-refractivity contribution in [3.05, 3.63) is 23.8 Å². The molecule has 1 aromatic carbocycles. The minimum atomic E-state index is -3.81. The van der Waals surface area contributed by atoms with Gasteiger partial charge in [-0.25, -0.2) is 17.9 Å². The summed E-state index contributed by atoms with van der Waals surface area (Å²) in [5.74, 6) is -1.15. The Balaban J connectivity index is 2.18. The first-order chi connectivity index (χ1) is 11.9. The van der Waals surface area contributed by atoms with Crippen LogP contribution in [0.5, 0.6) is 0 Å². The average molecular weight is 370 g/mol. The molecule has 0 aromatic heterocycles. The Labute approximate surface area is 148 Å². The number of carboxylic acids is 1. The predicted octanol–water partition coefficient (Wildman–Crippen LogP) is 2.44. The van der Waals surface area contributed by atoms with Crippen LogP contribution in [0.1, 0.15) is 49.4 Å². The number of anilines is 1. The van der Waals surface area contributed by atoms with Gasteiger partial charge in [0.2, 0.25) is 10.0 Å². The highest BCUT2D eigenvalue weighted by Crippen LogP contribution is 2.28. The molecule has 0 saturated heterocycles. The zero-order valence-corrected chi connectivity index (χ0v) is 15.3. The van der Waals surface area contributed by atoms with Crippen LogP contribution in [0.3, 0.4) is 0 Å². The van der Waals surface area contributed by atoms with Gasteiger partial charge in [-0.05, 0) is 44.4 Å². The fourth-order valence-corrected chi connectivity index (χ4v) is 4.16. The van der Waals surface area contributed by atoms with Gasteiger partial charge < -0.3 is 15.2 Å². The van der Waals surface area contributed by atoms with Gasteiger partial charge in [0.25, 0.3) is 0 Å². The van der Waals surface area contributed by atoms with Gasteiger partial charge in [-0.3, -0.25) is 0 Å². The van der Waals surface area contributed by atoms with Crippen molar-refractivity contribution in [3.8, 4) is 0 Å². The second-order valence-corrected chi connectivity index (χ2v) is 7.83. The Kier molecular flexibility index (Phi) is 7.22. The van der Waals surface area contributed by atoms with E-state index in [1.807, 2.05) is 6.92 Å². The normalized spacial score (nSPS) is 15.4. The smallest absolute Gasteiger partial charge is 0.335 e. The fraction of sp³-hybridized carbons (Fsp3) is 0.588. The predicted molar refractivity (Wildman–Crippen MR) is 95.6 cm³/mol. The Bertz CT molecular complexity index is 684. The van der Waals surface area contributed by atoms with E-state index in [2.05, 4.69) is 10.0 Å². The van der Waals surface area contributed by atoms with Crippen LogP contribution in [-0.2, 0) is 14.8 Å². The molecule has 0 heterocycles. The molecule has 0 atom stereocenters. The summed E-state index contributed by atoms with van der Waals surface area (Å²) in [6, 6.07) is 4.40. The van der Waals surface area contributed by atoms with Gasteiger partial charge in [0, 0.05) is 25.8 Å². The fourth-order valence-electron chi connectivity index (χ4n) is 2.89. The molecule has 3 N–H and O–H groups in total. The van der Waals surface area contributed by atoms with Gasteiger partial charge in [0.1, 0.15) is 4.90 Å². The van der Waals surface area contributed by atoms with Crippen molar-refractivity contribution < 1.29 is 23.1 Å². The number of ether oxygens (including phenoxy) is 1. The highest BCUT2D eigenvalue weighted by molar-refractivity contribution is 7.89. The molecule has 0 unspecified atom stereocenters. The second-order valence-electron chi connectivity index (χ2n) is 6.09. The molecule has 1 aliphatic carbocycles. The molecule has 140 valence electrons. The van der Waals surface area contributed by atoms with E-state index in [1.165, 1.54) is 18.2 Å². The molecule has 0 amide bonds. The Morgan fingerprint density at radius 2 is 2.04 bits per heavy atom. The van der Waals surface area contributed by atoms with Crippen LogP contribution in [0.2, 0.25) is 0 Å². The third kappa shape index (κ3) is 5.69. The monoisotopic (exact) mass is 370 g/mol. The first-order valence-corrected chi connectivity index (χ1v) is 10.1. The van der Waals surface area contributed by atoms with E-state index in [1.54, 1.807) is 0 Å². The maximum atomic E-state index is 12.6. The van der Waals surface area contributed by atoms with Crippen LogP contribution in [0.4, 0.5) is 5.69 Å². The summed E-state index contributed by atoms with van der Waals surface area (Å²) in [4.78, 5) is 11.2. The van der Waals surface area contributed by atoms with Crippen molar-refractivity contribution in [3.63, 3.8) is 0 Å². The number of hydrogen-bond acceptors (Lipinski definition) is 5. The van der Waals surface area contributed by atoms with Crippen LogP contribution < -0.4 is 10.0 Å². The summed E-state index contributed by atoms with van der Waals surface area (Å²) >= 11 is 0. The van der Waals surface area contributed by atoms with Gasteiger partial charge in [0.15, 0.2) is 0 Å². The Hall–Kier alpha value is -1.64. The lowest BCUT2D eigenvalue weighted by Gasteiger charge is -2.18. The van der Waals surface area contributed by atoms with Crippen LogP contribution in [0.15, 0.2) is 23.1 Å². The van der Waals surface area contributed by atoms with Crippen LogP contribution >= 0.6 is 0 Å². The molecule has 1 aromatic rings. The molecule has 0 radical (unpaired) electrons. The average Bonchev–Trinajstić information content (AvgIpc) is 3.07. The molecule has 8 heteroatoms.